The first-order chi connectivity index (χ1) is 16.2. The second-order valence-electron chi connectivity index (χ2n) is 8.32. The summed E-state index contributed by atoms with van der Waals surface area (Å²) in [5, 5.41) is 9.86. The van der Waals surface area contributed by atoms with Crippen molar-refractivity contribution in [3.63, 3.8) is 0 Å². The number of rotatable bonds is 4. The van der Waals surface area contributed by atoms with Gasteiger partial charge in [0.2, 0.25) is 0 Å². The van der Waals surface area contributed by atoms with Crippen molar-refractivity contribution in [3.8, 4) is 17.3 Å². The van der Waals surface area contributed by atoms with Crippen molar-refractivity contribution >= 4 is 16.8 Å². The summed E-state index contributed by atoms with van der Waals surface area (Å²) in [6, 6.07) is 29.7. The summed E-state index contributed by atoms with van der Waals surface area (Å²) in [6.07, 6.45) is 0. The molecule has 1 saturated heterocycles. The largest absolute Gasteiger partial charge is 0.336 e. The zero-order chi connectivity index (χ0) is 22.6. The van der Waals surface area contributed by atoms with Crippen LogP contribution in [0.2, 0.25) is 0 Å². The molecular formula is C28H24N4O. The third-order valence-corrected chi connectivity index (χ3v) is 6.16. The summed E-state index contributed by atoms with van der Waals surface area (Å²) >= 11 is 0. The van der Waals surface area contributed by atoms with Crippen LogP contribution in [0.3, 0.4) is 0 Å². The Balaban J connectivity index is 1.34. The van der Waals surface area contributed by atoms with Crippen LogP contribution in [0.25, 0.3) is 22.2 Å². The Morgan fingerprint density at radius 3 is 2.30 bits per heavy atom. The minimum atomic E-state index is 0.0591. The van der Waals surface area contributed by atoms with Crippen molar-refractivity contribution in [2.45, 2.75) is 6.54 Å². The van der Waals surface area contributed by atoms with Crippen LogP contribution in [0.15, 0.2) is 84.9 Å². The van der Waals surface area contributed by atoms with E-state index in [2.05, 4.69) is 11.0 Å². The van der Waals surface area contributed by atoms with Gasteiger partial charge >= 0.3 is 0 Å². The minimum Gasteiger partial charge on any atom is -0.336 e. The van der Waals surface area contributed by atoms with Gasteiger partial charge in [-0.3, -0.25) is 9.69 Å². The van der Waals surface area contributed by atoms with Gasteiger partial charge < -0.3 is 4.90 Å². The molecule has 0 aliphatic carbocycles. The Hall–Kier alpha value is -4.01. The topological polar surface area (TPSA) is 60.2 Å². The Bertz CT molecular complexity index is 1320. The fourth-order valence-corrected chi connectivity index (χ4v) is 4.33. The highest BCUT2D eigenvalue weighted by Crippen LogP contribution is 2.26. The van der Waals surface area contributed by atoms with E-state index in [9.17, 15) is 4.79 Å². The maximum Gasteiger partial charge on any atom is 0.254 e. The summed E-state index contributed by atoms with van der Waals surface area (Å²) in [5.41, 5.74) is 5.22. The molecule has 5 rings (SSSR count). The fraction of sp³-hybridized carbons (Fsp3) is 0.179. The molecule has 3 aromatic carbocycles. The van der Waals surface area contributed by atoms with E-state index in [4.69, 9.17) is 10.2 Å². The highest BCUT2D eigenvalue weighted by molar-refractivity contribution is 6.07. The number of hydrogen-bond acceptors (Lipinski definition) is 4. The molecule has 0 atom stereocenters. The van der Waals surface area contributed by atoms with Gasteiger partial charge in [0.1, 0.15) is 0 Å². The minimum absolute atomic E-state index is 0.0591. The number of nitrogens with zero attached hydrogens (tertiary/aromatic N) is 4. The van der Waals surface area contributed by atoms with Crippen LogP contribution >= 0.6 is 0 Å². The van der Waals surface area contributed by atoms with Gasteiger partial charge in [0.25, 0.3) is 5.91 Å². The summed E-state index contributed by atoms with van der Waals surface area (Å²) < 4.78 is 0. The zero-order valence-corrected chi connectivity index (χ0v) is 18.3. The number of fused-ring (bicyclic) bond motifs is 1. The van der Waals surface area contributed by atoms with Crippen molar-refractivity contribution in [1.29, 1.82) is 5.26 Å². The normalized spacial score (nSPS) is 14.2. The fourth-order valence-electron chi connectivity index (χ4n) is 4.33. The van der Waals surface area contributed by atoms with Crippen LogP contribution in [-0.2, 0) is 6.54 Å². The van der Waals surface area contributed by atoms with E-state index < -0.39 is 0 Å². The Morgan fingerprint density at radius 2 is 1.58 bits per heavy atom. The number of nitriles is 1. The average Bonchev–Trinajstić information content (AvgIpc) is 2.89. The van der Waals surface area contributed by atoms with Gasteiger partial charge in [0.15, 0.2) is 0 Å². The first-order valence-corrected chi connectivity index (χ1v) is 11.2. The van der Waals surface area contributed by atoms with Gasteiger partial charge in [0.05, 0.1) is 28.4 Å². The number of carbonyl (C=O) groups excluding carboxylic acids is 1. The Morgan fingerprint density at radius 1 is 0.879 bits per heavy atom. The van der Waals surface area contributed by atoms with E-state index in [1.807, 2.05) is 89.8 Å². The lowest BCUT2D eigenvalue weighted by atomic mass is 10.0. The Kier molecular flexibility index (Phi) is 5.84. The monoisotopic (exact) mass is 432 g/mol. The maximum atomic E-state index is 13.6. The number of para-hydroxylation sites is 1. The molecule has 0 spiro atoms. The standard InChI is InChI=1S/C28H24N4O/c29-19-21-10-12-22(13-11-21)20-31-14-16-32(17-15-31)28(33)25-18-27(23-6-2-1-3-7-23)30-26-9-5-4-8-24(25)26/h1-13,18H,14-17,20H2. The molecule has 0 radical (unpaired) electrons. The van der Waals surface area contributed by atoms with Crippen molar-refractivity contribution in [3.05, 3.63) is 102 Å². The molecule has 1 aliphatic heterocycles. The van der Waals surface area contributed by atoms with E-state index in [1.165, 1.54) is 5.56 Å². The van der Waals surface area contributed by atoms with Gasteiger partial charge in [-0.2, -0.15) is 5.26 Å². The Labute approximate surface area is 193 Å². The molecule has 0 N–H and O–H groups in total. The van der Waals surface area contributed by atoms with Crippen LogP contribution in [0, 0.1) is 11.3 Å². The number of amides is 1. The van der Waals surface area contributed by atoms with Crippen LogP contribution in [-0.4, -0.2) is 46.9 Å². The second-order valence-corrected chi connectivity index (χ2v) is 8.32. The second kappa shape index (κ2) is 9.23. The van der Waals surface area contributed by atoms with Crippen molar-refractivity contribution in [2.75, 3.05) is 26.2 Å². The summed E-state index contributed by atoms with van der Waals surface area (Å²) in [5.74, 6) is 0.0591. The van der Waals surface area contributed by atoms with Gasteiger partial charge in [-0.15, -0.1) is 0 Å². The van der Waals surface area contributed by atoms with Crippen molar-refractivity contribution in [2.24, 2.45) is 0 Å². The molecule has 0 bridgehead atoms. The molecule has 1 aliphatic rings. The number of piperazine rings is 1. The predicted molar refractivity (Wildman–Crippen MR) is 130 cm³/mol. The van der Waals surface area contributed by atoms with Gasteiger partial charge in [-0.1, -0.05) is 60.7 Å². The molecule has 33 heavy (non-hydrogen) atoms. The molecule has 162 valence electrons. The highest BCUT2D eigenvalue weighted by atomic mass is 16.2. The average molecular weight is 433 g/mol. The van der Waals surface area contributed by atoms with Crippen LogP contribution in [0.5, 0.6) is 0 Å². The number of hydrogen-bond donors (Lipinski definition) is 0. The number of carbonyl (C=O) groups is 1. The third-order valence-electron chi connectivity index (χ3n) is 6.16. The van der Waals surface area contributed by atoms with Crippen LogP contribution in [0.1, 0.15) is 21.5 Å². The van der Waals surface area contributed by atoms with E-state index in [0.29, 0.717) is 24.2 Å². The van der Waals surface area contributed by atoms with Gasteiger partial charge in [-0.05, 0) is 29.8 Å². The molecular weight excluding hydrogens is 408 g/mol. The van der Waals surface area contributed by atoms with Gasteiger partial charge in [-0.25, -0.2) is 4.98 Å². The first-order valence-electron chi connectivity index (χ1n) is 11.2. The molecule has 0 unspecified atom stereocenters. The summed E-state index contributed by atoms with van der Waals surface area (Å²) in [7, 11) is 0. The van der Waals surface area contributed by atoms with Gasteiger partial charge in [0, 0.05) is 43.7 Å². The molecule has 5 nitrogen and oxygen atoms in total. The molecule has 0 saturated carbocycles. The third kappa shape index (κ3) is 4.48. The number of aromatic nitrogens is 1. The summed E-state index contributed by atoms with van der Waals surface area (Å²) in [6.45, 7) is 3.84. The molecule has 5 heteroatoms. The quantitative estimate of drug-likeness (QED) is 0.468. The first kappa shape index (κ1) is 20.9. The van der Waals surface area contributed by atoms with E-state index >= 15 is 0 Å². The highest BCUT2D eigenvalue weighted by Gasteiger charge is 2.24. The smallest absolute Gasteiger partial charge is 0.254 e. The molecule has 1 amide bonds. The summed E-state index contributed by atoms with van der Waals surface area (Å²) in [4.78, 5) is 22.7. The lowest BCUT2D eigenvalue weighted by molar-refractivity contribution is 0.0630. The van der Waals surface area contributed by atoms with Crippen LogP contribution < -0.4 is 0 Å². The lowest BCUT2D eigenvalue weighted by Crippen LogP contribution is -2.48. The number of benzene rings is 3. The SMILES string of the molecule is N#Cc1ccc(CN2CCN(C(=O)c3cc(-c4ccccc4)nc4ccccc34)CC2)cc1. The molecule has 1 fully saturated rings. The lowest BCUT2D eigenvalue weighted by Gasteiger charge is -2.35. The van der Waals surface area contributed by atoms with Crippen molar-refractivity contribution < 1.29 is 4.79 Å². The molecule has 4 aromatic rings. The van der Waals surface area contributed by atoms with Crippen LogP contribution in [0.4, 0.5) is 0 Å². The zero-order valence-electron chi connectivity index (χ0n) is 18.3. The van der Waals surface area contributed by atoms with Crippen molar-refractivity contribution in [1.82, 2.24) is 14.8 Å². The van der Waals surface area contributed by atoms with E-state index in [0.717, 1.165) is 41.8 Å². The predicted octanol–water partition coefficient (Wildman–Crippen LogP) is 4.73. The number of pyridine rings is 1. The molecule has 2 heterocycles. The van der Waals surface area contributed by atoms with E-state index in [1.54, 1.807) is 0 Å². The van der Waals surface area contributed by atoms with E-state index in [-0.39, 0.29) is 5.91 Å². The molecule has 1 aromatic heterocycles. The maximum absolute atomic E-state index is 13.6.